The van der Waals surface area contributed by atoms with E-state index < -0.39 is 0 Å². The zero-order valence-corrected chi connectivity index (χ0v) is 13.2. The van der Waals surface area contributed by atoms with Gasteiger partial charge in [-0.2, -0.15) is 5.10 Å². The minimum Gasteiger partial charge on any atom is -0.271 e. The fraction of sp³-hybridized carbons (Fsp3) is 0.125. The zero-order valence-electron chi connectivity index (χ0n) is 12.4. The maximum atomic E-state index is 12.0. The van der Waals surface area contributed by atoms with Gasteiger partial charge >= 0.3 is 0 Å². The number of fused-ring (bicyclic) bond motifs is 1. The molecule has 1 aromatic heterocycles. The van der Waals surface area contributed by atoms with Gasteiger partial charge in [0.2, 0.25) is 0 Å². The van der Waals surface area contributed by atoms with Crippen molar-refractivity contribution >= 4 is 34.3 Å². The molecule has 3 rings (SSSR count). The van der Waals surface area contributed by atoms with Crippen LogP contribution in [0.3, 0.4) is 0 Å². The number of amides is 1. The van der Waals surface area contributed by atoms with Gasteiger partial charge in [-0.3, -0.25) is 4.79 Å². The monoisotopic (exact) mass is 327 g/mol. The van der Waals surface area contributed by atoms with Crippen LogP contribution in [0, 0.1) is 0 Å². The number of hydrogen-bond donors (Lipinski definition) is 1. The van der Waals surface area contributed by atoms with E-state index in [0.29, 0.717) is 10.7 Å². The molecule has 3 aromatic rings. The first-order valence-electron chi connectivity index (χ1n) is 7.01. The number of carbonyl (C=O) groups excluding carboxylic acids is 1. The third-order valence-electron chi connectivity index (χ3n) is 3.32. The van der Waals surface area contributed by atoms with Gasteiger partial charge < -0.3 is 0 Å². The Morgan fingerprint density at radius 2 is 1.96 bits per heavy atom. The molecule has 2 aromatic carbocycles. The van der Waals surface area contributed by atoms with Crippen LogP contribution in [-0.4, -0.2) is 26.6 Å². The molecule has 0 bridgehead atoms. The smallest absolute Gasteiger partial charge is 0.261 e. The molecule has 1 heterocycles. The molecule has 23 heavy (non-hydrogen) atoms. The van der Waals surface area contributed by atoms with Crippen LogP contribution in [0.1, 0.15) is 12.5 Å². The molecule has 7 heteroatoms. The van der Waals surface area contributed by atoms with Gasteiger partial charge in [0.1, 0.15) is 12.1 Å². The second-order valence-corrected chi connectivity index (χ2v) is 5.41. The highest BCUT2D eigenvalue weighted by atomic mass is 35.5. The van der Waals surface area contributed by atoms with Crippen LogP contribution in [-0.2, 0) is 11.3 Å². The first-order chi connectivity index (χ1) is 11.1. The summed E-state index contributed by atoms with van der Waals surface area (Å²) in [5.41, 5.74) is 5.67. The molecule has 0 fully saturated rings. The number of benzene rings is 2. The third kappa shape index (κ3) is 3.54. The lowest BCUT2D eigenvalue weighted by Crippen LogP contribution is -2.24. The van der Waals surface area contributed by atoms with Gasteiger partial charge in [0.05, 0.1) is 11.2 Å². The van der Waals surface area contributed by atoms with Crippen LogP contribution in [0.4, 0.5) is 0 Å². The maximum Gasteiger partial charge on any atom is 0.261 e. The summed E-state index contributed by atoms with van der Waals surface area (Å²) in [6.07, 6.45) is 0. The van der Waals surface area contributed by atoms with E-state index in [1.165, 1.54) is 4.68 Å². The van der Waals surface area contributed by atoms with Crippen molar-refractivity contribution in [3.05, 3.63) is 59.1 Å². The zero-order chi connectivity index (χ0) is 16.2. The number of carbonyl (C=O) groups is 1. The summed E-state index contributed by atoms with van der Waals surface area (Å²) in [6, 6.07) is 14.7. The van der Waals surface area contributed by atoms with Gasteiger partial charge in [0.15, 0.2) is 0 Å². The summed E-state index contributed by atoms with van der Waals surface area (Å²) < 4.78 is 1.54. The van der Waals surface area contributed by atoms with Crippen LogP contribution >= 0.6 is 11.6 Å². The van der Waals surface area contributed by atoms with Crippen LogP contribution < -0.4 is 5.43 Å². The van der Waals surface area contributed by atoms with Crippen molar-refractivity contribution in [1.82, 2.24) is 20.4 Å². The Morgan fingerprint density at radius 3 is 2.74 bits per heavy atom. The molecule has 1 N–H and O–H groups in total. The number of para-hydroxylation sites is 1. The minimum atomic E-state index is -0.269. The van der Waals surface area contributed by atoms with Crippen LogP contribution in [0.5, 0.6) is 0 Å². The average Bonchev–Trinajstić information content (AvgIpc) is 2.96. The summed E-state index contributed by atoms with van der Waals surface area (Å²) in [5.74, 6) is -0.269. The Labute approximate surface area is 137 Å². The SMILES string of the molecule is CC(=NNC(=O)Cn1nnc2ccccc21)c1ccc(Cl)cc1. The van der Waals surface area contributed by atoms with E-state index in [-0.39, 0.29) is 12.5 Å². The molecular formula is C16H14ClN5O. The second-order valence-electron chi connectivity index (χ2n) is 4.97. The van der Waals surface area contributed by atoms with Crippen molar-refractivity contribution in [2.24, 2.45) is 5.10 Å². The van der Waals surface area contributed by atoms with Crippen molar-refractivity contribution in [3.63, 3.8) is 0 Å². The normalized spacial score (nSPS) is 11.7. The molecule has 0 spiro atoms. The molecule has 0 saturated carbocycles. The number of rotatable bonds is 4. The van der Waals surface area contributed by atoms with E-state index in [2.05, 4.69) is 20.8 Å². The Hall–Kier alpha value is -2.73. The van der Waals surface area contributed by atoms with Gasteiger partial charge in [-0.05, 0) is 36.8 Å². The quantitative estimate of drug-likeness (QED) is 0.591. The molecule has 116 valence electrons. The Kier molecular flexibility index (Phi) is 4.34. The number of nitrogens with zero attached hydrogens (tertiary/aromatic N) is 4. The van der Waals surface area contributed by atoms with Gasteiger partial charge in [-0.15, -0.1) is 5.10 Å². The standard InChI is InChI=1S/C16H14ClN5O/c1-11(12-6-8-13(17)9-7-12)18-20-16(23)10-22-15-5-3-2-4-14(15)19-21-22/h2-9H,10H2,1H3,(H,20,23). The summed E-state index contributed by atoms with van der Waals surface area (Å²) in [4.78, 5) is 12.0. The summed E-state index contributed by atoms with van der Waals surface area (Å²) in [7, 11) is 0. The van der Waals surface area contributed by atoms with Gasteiger partial charge in [-0.1, -0.05) is 41.1 Å². The highest BCUT2D eigenvalue weighted by Gasteiger charge is 2.08. The fourth-order valence-corrected chi connectivity index (χ4v) is 2.23. The van der Waals surface area contributed by atoms with Crippen LogP contribution in [0.2, 0.25) is 5.02 Å². The van der Waals surface area contributed by atoms with Gasteiger partial charge in [0.25, 0.3) is 5.91 Å². The van der Waals surface area contributed by atoms with Crippen molar-refractivity contribution in [1.29, 1.82) is 0 Å². The minimum absolute atomic E-state index is 0.0535. The van der Waals surface area contributed by atoms with E-state index in [4.69, 9.17) is 11.6 Å². The van der Waals surface area contributed by atoms with E-state index in [1.54, 1.807) is 12.1 Å². The molecule has 1 amide bonds. The lowest BCUT2D eigenvalue weighted by atomic mass is 10.1. The highest BCUT2D eigenvalue weighted by Crippen LogP contribution is 2.10. The maximum absolute atomic E-state index is 12.0. The van der Waals surface area contributed by atoms with Crippen LogP contribution in [0.15, 0.2) is 53.6 Å². The number of nitrogens with one attached hydrogen (secondary N) is 1. The molecule has 0 unspecified atom stereocenters. The first kappa shape index (κ1) is 15.2. The average molecular weight is 328 g/mol. The predicted octanol–water partition coefficient (Wildman–Crippen LogP) is 2.63. The number of hydrogen-bond acceptors (Lipinski definition) is 4. The highest BCUT2D eigenvalue weighted by molar-refractivity contribution is 6.30. The molecule has 0 atom stereocenters. The predicted molar refractivity (Wildman–Crippen MR) is 89.3 cm³/mol. The Bertz CT molecular complexity index is 870. The molecule has 0 aliphatic heterocycles. The van der Waals surface area contributed by atoms with E-state index in [1.807, 2.05) is 43.3 Å². The first-order valence-corrected chi connectivity index (χ1v) is 7.38. The number of aromatic nitrogens is 3. The lowest BCUT2D eigenvalue weighted by molar-refractivity contribution is -0.121. The summed E-state index contributed by atoms with van der Waals surface area (Å²) in [5, 5.41) is 12.7. The van der Waals surface area contributed by atoms with Crippen molar-refractivity contribution in [2.75, 3.05) is 0 Å². The molecule has 0 saturated heterocycles. The van der Waals surface area contributed by atoms with E-state index in [9.17, 15) is 4.79 Å². The lowest BCUT2D eigenvalue weighted by Gasteiger charge is -2.04. The third-order valence-corrected chi connectivity index (χ3v) is 3.58. The van der Waals surface area contributed by atoms with E-state index in [0.717, 1.165) is 16.6 Å². The Balaban J connectivity index is 1.67. The summed E-state index contributed by atoms with van der Waals surface area (Å²) in [6.45, 7) is 1.87. The molecule has 6 nitrogen and oxygen atoms in total. The van der Waals surface area contributed by atoms with Crippen molar-refractivity contribution in [2.45, 2.75) is 13.5 Å². The molecule has 0 radical (unpaired) electrons. The van der Waals surface area contributed by atoms with Crippen molar-refractivity contribution < 1.29 is 4.79 Å². The van der Waals surface area contributed by atoms with Crippen molar-refractivity contribution in [3.8, 4) is 0 Å². The molecule has 0 aliphatic rings. The largest absolute Gasteiger partial charge is 0.271 e. The van der Waals surface area contributed by atoms with Crippen LogP contribution in [0.25, 0.3) is 11.0 Å². The topological polar surface area (TPSA) is 72.2 Å². The molecular weight excluding hydrogens is 314 g/mol. The van der Waals surface area contributed by atoms with Gasteiger partial charge in [-0.25, -0.2) is 10.1 Å². The Morgan fingerprint density at radius 1 is 1.22 bits per heavy atom. The number of halogens is 1. The van der Waals surface area contributed by atoms with Gasteiger partial charge in [0, 0.05) is 5.02 Å². The summed E-state index contributed by atoms with van der Waals surface area (Å²) >= 11 is 5.85. The second kappa shape index (κ2) is 6.58. The fourth-order valence-electron chi connectivity index (χ4n) is 2.11. The number of hydrazone groups is 1. The molecule has 0 aliphatic carbocycles. The van der Waals surface area contributed by atoms with E-state index >= 15 is 0 Å².